The minimum atomic E-state index is -4.39. The fourth-order valence-corrected chi connectivity index (χ4v) is 4.94. The first-order chi connectivity index (χ1) is 14.3. The van der Waals surface area contributed by atoms with Crippen LogP contribution in [0.15, 0.2) is 58.5 Å². The molecule has 0 unspecified atom stereocenters. The maximum absolute atomic E-state index is 13.2. The van der Waals surface area contributed by atoms with Gasteiger partial charge in [0.15, 0.2) is 11.0 Å². The Morgan fingerprint density at radius 1 is 1.03 bits per heavy atom. The van der Waals surface area contributed by atoms with Gasteiger partial charge in [-0.05, 0) is 56.4 Å². The minimum absolute atomic E-state index is 0.291. The molecule has 1 aliphatic heterocycles. The van der Waals surface area contributed by atoms with Crippen molar-refractivity contribution < 1.29 is 13.2 Å². The lowest BCUT2D eigenvalue weighted by molar-refractivity contribution is -0.137. The molecule has 2 aromatic rings. The number of amidine groups is 2. The number of hydrogen-bond donors (Lipinski definition) is 0. The molecule has 158 valence electrons. The zero-order valence-electron chi connectivity index (χ0n) is 17.0. The molecule has 2 aliphatic rings. The largest absolute Gasteiger partial charge is 0.416 e. The summed E-state index contributed by atoms with van der Waals surface area (Å²) in [6.45, 7) is 2.05. The van der Waals surface area contributed by atoms with Crippen LogP contribution in [-0.4, -0.2) is 22.8 Å². The first-order valence-corrected chi connectivity index (χ1v) is 11.3. The van der Waals surface area contributed by atoms with Gasteiger partial charge in [-0.2, -0.15) is 13.2 Å². The predicted molar refractivity (Wildman–Crippen MR) is 119 cm³/mol. The molecule has 0 saturated heterocycles. The molecule has 7 heteroatoms. The third-order valence-corrected chi connectivity index (χ3v) is 6.44. The van der Waals surface area contributed by atoms with Crippen LogP contribution in [0.5, 0.6) is 0 Å². The number of benzene rings is 2. The fraction of sp³-hybridized carbons (Fsp3) is 0.391. The van der Waals surface area contributed by atoms with Gasteiger partial charge in [0.2, 0.25) is 0 Å². The molecular weight excluding hydrogens is 407 g/mol. The number of nitrogens with zero attached hydrogens (tertiary/aromatic N) is 3. The molecule has 0 aromatic heterocycles. The van der Waals surface area contributed by atoms with Crippen LogP contribution in [0.1, 0.15) is 43.2 Å². The molecule has 1 aliphatic carbocycles. The van der Waals surface area contributed by atoms with Crippen LogP contribution in [0, 0.1) is 6.92 Å². The molecule has 0 atom stereocenters. The molecule has 3 nitrogen and oxygen atoms in total. The molecule has 4 rings (SSSR count). The van der Waals surface area contributed by atoms with Crippen molar-refractivity contribution in [2.45, 2.75) is 50.7 Å². The van der Waals surface area contributed by atoms with Crippen molar-refractivity contribution in [3.05, 3.63) is 59.7 Å². The van der Waals surface area contributed by atoms with Crippen LogP contribution >= 0.6 is 11.8 Å². The summed E-state index contributed by atoms with van der Waals surface area (Å²) in [4.78, 5) is 11.8. The Balaban J connectivity index is 1.82. The molecule has 1 saturated carbocycles. The molecule has 1 heterocycles. The maximum atomic E-state index is 13.2. The number of anilines is 1. The van der Waals surface area contributed by atoms with Gasteiger partial charge < -0.3 is 4.90 Å². The predicted octanol–water partition coefficient (Wildman–Crippen LogP) is 6.99. The molecule has 30 heavy (non-hydrogen) atoms. The highest BCUT2D eigenvalue weighted by Gasteiger charge is 2.49. The summed E-state index contributed by atoms with van der Waals surface area (Å²) >= 11 is 1.54. The number of alkyl halides is 3. The molecule has 1 fully saturated rings. The molecular formula is C23H24F3N3S. The van der Waals surface area contributed by atoms with Gasteiger partial charge in [0.1, 0.15) is 5.54 Å². The van der Waals surface area contributed by atoms with Crippen molar-refractivity contribution in [3.63, 3.8) is 0 Å². The second-order valence-corrected chi connectivity index (χ2v) is 8.62. The molecule has 0 amide bonds. The topological polar surface area (TPSA) is 28.0 Å². The van der Waals surface area contributed by atoms with Crippen LogP contribution in [0.3, 0.4) is 0 Å². The lowest BCUT2D eigenvalue weighted by atomic mass is 9.79. The van der Waals surface area contributed by atoms with Crippen molar-refractivity contribution in [1.29, 1.82) is 0 Å². The molecule has 1 spiro atoms. The van der Waals surface area contributed by atoms with Crippen LogP contribution in [0.2, 0.25) is 0 Å². The van der Waals surface area contributed by atoms with Crippen molar-refractivity contribution >= 4 is 34.1 Å². The smallest absolute Gasteiger partial charge is 0.307 e. The Hall–Kier alpha value is -2.28. The number of rotatable bonds is 2. The second-order valence-electron chi connectivity index (χ2n) is 7.85. The third-order valence-electron chi connectivity index (χ3n) is 5.80. The lowest BCUT2D eigenvalue weighted by Crippen LogP contribution is -2.52. The van der Waals surface area contributed by atoms with Crippen molar-refractivity contribution in [2.75, 3.05) is 11.2 Å². The van der Waals surface area contributed by atoms with E-state index in [1.165, 1.54) is 11.6 Å². The van der Waals surface area contributed by atoms with Gasteiger partial charge in [0.25, 0.3) is 0 Å². The van der Waals surface area contributed by atoms with Gasteiger partial charge >= 0.3 is 6.18 Å². The van der Waals surface area contributed by atoms with Crippen LogP contribution in [0.25, 0.3) is 0 Å². The van der Waals surface area contributed by atoms with E-state index in [9.17, 15) is 13.2 Å². The Kier molecular flexibility index (Phi) is 5.66. The fourth-order valence-electron chi connectivity index (χ4n) is 4.30. The summed E-state index contributed by atoms with van der Waals surface area (Å²) in [6.07, 6.45) is 2.58. The Morgan fingerprint density at radius 2 is 1.73 bits per heavy atom. The van der Waals surface area contributed by atoms with Gasteiger partial charge in [0, 0.05) is 5.69 Å². The SMILES string of the molecule is CSC1=NC(=Nc2cccc(C(F)(F)F)c2)C2(CCCCC2)N1c1ccc(C)cc1. The average Bonchev–Trinajstić information content (AvgIpc) is 3.01. The quantitative estimate of drug-likeness (QED) is 0.513. The monoisotopic (exact) mass is 431 g/mol. The molecule has 0 radical (unpaired) electrons. The van der Waals surface area contributed by atoms with E-state index in [2.05, 4.69) is 34.2 Å². The molecule has 0 bridgehead atoms. The lowest BCUT2D eigenvalue weighted by Gasteiger charge is -2.42. The third kappa shape index (κ3) is 3.87. The van der Waals surface area contributed by atoms with E-state index < -0.39 is 17.3 Å². The van der Waals surface area contributed by atoms with Gasteiger partial charge in [-0.25, -0.2) is 9.98 Å². The summed E-state index contributed by atoms with van der Waals surface area (Å²) in [7, 11) is 0. The second kappa shape index (κ2) is 8.10. The summed E-state index contributed by atoms with van der Waals surface area (Å²) in [6, 6.07) is 13.5. The highest BCUT2D eigenvalue weighted by Crippen LogP contribution is 2.44. The van der Waals surface area contributed by atoms with Crippen molar-refractivity contribution in [3.8, 4) is 0 Å². The minimum Gasteiger partial charge on any atom is -0.307 e. The van der Waals surface area contributed by atoms with Crippen molar-refractivity contribution in [1.82, 2.24) is 0 Å². The van der Waals surface area contributed by atoms with E-state index in [1.54, 1.807) is 17.8 Å². The van der Waals surface area contributed by atoms with E-state index in [0.29, 0.717) is 11.5 Å². The summed E-state index contributed by atoms with van der Waals surface area (Å²) in [5.74, 6) is 0.617. The Morgan fingerprint density at radius 3 is 2.37 bits per heavy atom. The normalized spacial score (nSPS) is 20.1. The van der Waals surface area contributed by atoms with Crippen LogP contribution in [0.4, 0.5) is 24.5 Å². The number of halogens is 3. The van der Waals surface area contributed by atoms with E-state index in [4.69, 9.17) is 4.99 Å². The number of hydrogen-bond acceptors (Lipinski definition) is 3. The van der Waals surface area contributed by atoms with Gasteiger partial charge in [-0.15, -0.1) is 0 Å². The van der Waals surface area contributed by atoms with Gasteiger partial charge in [0.05, 0.1) is 11.3 Å². The van der Waals surface area contributed by atoms with Crippen molar-refractivity contribution in [2.24, 2.45) is 9.98 Å². The van der Waals surface area contributed by atoms with E-state index in [0.717, 1.165) is 55.1 Å². The summed E-state index contributed by atoms with van der Waals surface area (Å²) in [5, 5.41) is 0.839. The number of thioether (sulfide) groups is 1. The zero-order valence-corrected chi connectivity index (χ0v) is 17.9. The Bertz CT molecular complexity index is 974. The van der Waals surface area contributed by atoms with E-state index in [1.807, 2.05) is 13.2 Å². The molecule has 0 N–H and O–H groups in total. The number of aryl methyl sites for hydroxylation is 1. The summed E-state index contributed by atoms with van der Waals surface area (Å²) in [5.41, 5.74) is 1.41. The summed E-state index contributed by atoms with van der Waals surface area (Å²) < 4.78 is 39.5. The van der Waals surface area contributed by atoms with Crippen LogP contribution in [-0.2, 0) is 6.18 Å². The van der Waals surface area contributed by atoms with E-state index >= 15 is 0 Å². The molecule has 2 aromatic carbocycles. The van der Waals surface area contributed by atoms with Gasteiger partial charge in [-0.3, -0.25) is 0 Å². The number of aliphatic imine (C=N–C) groups is 2. The highest BCUT2D eigenvalue weighted by molar-refractivity contribution is 8.13. The average molecular weight is 432 g/mol. The van der Waals surface area contributed by atoms with E-state index in [-0.39, 0.29) is 0 Å². The maximum Gasteiger partial charge on any atom is 0.416 e. The van der Waals surface area contributed by atoms with Gasteiger partial charge in [-0.1, -0.05) is 54.8 Å². The zero-order chi connectivity index (χ0) is 21.4. The first kappa shape index (κ1) is 21.0. The highest BCUT2D eigenvalue weighted by atomic mass is 32.2. The first-order valence-electron chi connectivity index (χ1n) is 10.1. The standard InChI is InChI=1S/C23H24F3N3S/c1-16-9-11-19(12-10-16)29-21(30-2)28-20(22(29)13-4-3-5-14-22)27-18-8-6-7-17(15-18)23(24,25)26/h6-12,15H,3-5,13-14H2,1-2H3. The van der Waals surface area contributed by atoms with Crippen LogP contribution < -0.4 is 4.90 Å². The Labute approximate surface area is 179 Å².